The van der Waals surface area contributed by atoms with Gasteiger partial charge in [-0.3, -0.25) is 14.7 Å². The highest BCUT2D eigenvalue weighted by Gasteiger charge is 2.43. The molecule has 1 fully saturated rings. The van der Waals surface area contributed by atoms with Crippen LogP contribution < -0.4 is 16.1 Å². The van der Waals surface area contributed by atoms with E-state index in [4.69, 9.17) is 4.74 Å². The Balaban J connectivity index is 1.25. The van der Waals surface area contributed by atoms with Gasteiger partial charge in [0.1, 0.15) is 11.4 Å². The minimum absolute atomic E-state index is 0.173. The number of hydrogen-bond donors (Lipinski definition) is 5. The highest BCUT2D eigenvalue weighted by Crippen LogP contribution is 2.41. The molecule has 1 atom stereocenters. The zero-order valence-corrected chi connectivity index (χ0v) is 22.4. The van der Waals surface area contributed by atoms with Crippen LogP contribution in [-0.2, 0) is 9.53 Å². The molecule has 1 amide bonds. The van der Waals surface area contributed by atoms with Crippen LogP contribution in [-0.4, -0.2) is 53.7 Å². The van der Waals surface area contributed by atoms with Crippen molar-refractivity contribution in [3.8, 4) is 11.6 Å². The van der Waals surface area contributed by atoms with Crippen LogP contribution in [0.5, 0.6) is 5.75 Å². The van der Waals surface area contributed by atoms with Crippen LogP contribution in [0.15, 0.2) is 47.7 Å². The van der Waals surface area contributed by atoms with E-state index in [1.54, 1.807) is 24.4 Å². The molecule has 4 heterocycles. The third-order valence-corrected chi connectivity index (χ3v) is 7.41. The lowest BCUT2D eigenvalue weighted by atomic mass is 9.76. The number of aromatic amines is 2. The van der Waals surface area contributed by atoms with Gasteiger partial charge in [0.2, 0.25) is 5.43 Å². The molecule has 0 unspecified atom stereocenters. The second-order valence-electron chi connectivity index (χ2n) is 10.1. The first-order valence-corrected chi connectivity index (χ1v) is 13.0. The summed E-state index contributed by atoms with van der Waals surface area (Å²) in [5, 5.41) is 27.5. The first-order chi connectivity index (χ1) is 19.2. The monoisotopic (exact) mass is 550 g/mol. The quantitative estimate of drug-likeness (QED) is 0.223. The normalized spacial score (nSPS) is 19.8. The lowest BCUT2D eigenvalue weighted by Crippen LogP contribution is -2.50. The van der Waals surface area contributed by atoms with Gasteiger partial charge in [-0.25, -0.2) is 14.1 Å². The van der Waals surface area contributed by atoms with E-state index in [0.717, 1.165) is 17.5 Å². The van der Waals surface area contributed by atoms with Crippen molar-refractivity contribution in [2.45, 2.75) is 57.1 Å². The zero-order valence-electron chi connectivity index (χ0n) is 22.4. The largest absolute Gasteiger partial charge is 0.503 e. The number of aromatic hydroxyl groups is 1. The van der Waals surface area contributed by atoms with Crippen molar-refractivity contribution < 1.29 is 19.0 Å². The van der Waals surface area contributed by atoms with Gasteiger partial charge in [0.15, 0.2) is 23.2 Å². The molecule has 1 aliphatic rings. The maximum atomic E-state index is 13.4. The molecule has 4 aromatic heterocycles. The Morgan fingerprint density at radius 3 is 2.65 bits per heavy atom. The highest BCUT2D eigenvalue weighted by molar-refractivity contribution is 5.85. The Hall–Kier alpha value is -4.52. The van der Waals surface area contributed by atoms with Gasteiger partial charge in [-0.1, -0.05) is 6.07 Å². The molecule has 1 aliphatic carbocycles. The number of nitrogens with zero attached hydrogens (tertiary/aromatic N) is 4. The van der Waals surface area contributed by atoms with Gasteiger partial charge in [0.25, 0.3) is 5.91 Å². The second-order valence-corrected chi connectivity index (χ2v) is 10.1. The van der Waals surface area contributed by atoms with Crippen molar-refractivity contribution >= 4 is 17.5 Å². The molecule has 13 heteroatoms. The number of ether oxygens (including phenoxy) is 1. The van der Waals surface area contributed by atoms with Crippen molar-refractivity contribution in [1.29, 1.82) is 0 Å². The fourth-order valence-electron chi connectivity index (χ4n) is 5.08. The molecular weight excluding hydrogens is 519 g/mol. The van der Waals surface area contributed by atoms with Crippen LogP contribution in [0.25, 0.3) is 5.82 Å². The number of carbonyl (C=O) groups excluding carboxylic acids is 1. The molecule has 0 bridgehead atoms. The third kappa shape index (κ3) is 5.45. The average Bonchev–Trinajstić information content (AvgIpc) is 3.58. The number of hydrogen-bond acceptors (Lipinski definition) is 8. The summed E-state index contributed by atoms with van der Waals surface area (Å²) in [6.07, 6.45) is 5.76. The fraction of sp³-hybridized carbons (Fsp3) is 0.370. The topological polar surface area (TPSA) is 163 Å². The molecule has 210 valence electrons. The van der Waals surface area contributed by atoms with Crippen molar-refractivity contribution in [3.63, 3.8) is 0 Å². The van der Waals surface area contributed by atoms with Gasteiger partial charge in [-0.15, -0.1) is 0 Å². The molecule has 0 aromatic carbocycles. The van der Waals surface area contributed by atoms with Crippen molar-refractivity contribution in [3.05, 3.63) is 75.8 Å². The van der Waals surface area contributed by atoms with Crippen LogP contribution in [0.3, 0.4) is 0 Å². The highest BCUT2D eigenvalue weighted by atomic mass is 19.1. The minimum atomic E-state index is -1.05. The number of anilines is 2. The summed E-state index contributed by atoms with van der Waals surface area (Å²) in [6, 6.07) is 6.22. The lowest BCUT2D eigenvalue weighted by molar-refractivity contribution is -0.148. The van der Waals surface area contributed by atoms with E-state index in [0.29, 0.717) is 48.8 Å². The number of amides is 1. The maximum absolute atomic E-state index is 13.4. The van der Waals surface area contributed by atoms with Gasteiger partial charge in [0.05, 0.1) is 24.1 Å². The van der Waals surface area contributed by atoms with E-state index < -0.39 is 16.8 Å². The maximum Gasteiger partial charge on any atom is 0.252 e. The number of H-pyrrole nitrogens is 2. The molecule has 0 spiro atoms. The predicted molar refractivity (Wildman–Crippen MR) is 144 cm³/mol. The Kier molecular flexibility index (Phi) is 7.39. The summed E-state index contributed by atoms with van der Waals surface area (Å²) in [4.78, 5) is 33.4. The number of aryl methyl sites for hydroxylation is 1. The molecule has 0 radical (unpaired) electrons. The van der Waals surface area contributed by atoms with Gasteiger partial charge in [-0.05, 0) is 51.2 Å². The number of carbonyl (C=O) groups is 1. The third-order valence-electron chi connectivity index (χ3n) is 7.41. The number of aromatic nitrogens is 6. The molecule has 5 rings (SSSR count). The van der Waals surface area contributed by atoms with E-state index >= 15 is 0 Å². The average molecular weight is 551 g/mol. The van der Waals surface area contributed by atoms with Gasteiger partial charge in [0, 0.05) is 37.1 Å². The second kappa shape index (κ2) is 10.9. The molecule has 4 aromatic rings. The van der Waals surface area contributed by atoms with Gasteiger partial charge in [-0.2, -0.15) is 10.2 Å². The Morgan fingerprint density at radius 1 is 1.27 bits per heavy atom. The van der Waals surface area contributed by atoms with Gasteiger partial charge >= 0.3 is 0 Å². The summed E-state index contributed by atoms with van der Waals surface area (Å²) in [6.45, 7) is 3.71. The van der Waals surface area contributed by atoms with Crippen molar-refractivity contribution in [1.82, 2.24) is 35.3 Å². The van der Waals surface area contributed by atoms with Crippen molar-refractivity contribution in [2.24, 2.45) is 0 Å². The van der Waals surface area contributed by atoms with E-state index in [-0.39, 0.29) is 23.6 Å². The SMILES string of the molecule is COC1(C(=O)N[C@@H](C)c2ccc(-n3cc(F)cn3)nc2)CCC(c2[nH]c(Nc3cc(C)[nH]n3)cc(=O)c2O)CC1. The molecule has 12 nitrogen and oxygen atoms in total. The number of nitrogens with one attached hydrogen (secondary N) is 4. The molecule has 5 N–H and O–H groups in total. The minimum Gasteiger partial charge on any atom is -0.503 e. The van der Waals surface area contributed by atoms with E-state index in [2.05, 4.69) is 35.9 Å². The summed E-state index contributed by atoms with van der Waals surface area (Å²) >= 11 is 0. The number of rotatable bonds is 8. The Labute approximate surface area is 229 Å². The standard InChI is InChI=1S/C27H31FN8O4/c1-15-10-22(35-34-15)32-21-11-20(37)25(38)24(33-21)17-6-8-27(40-3,9-7-17)26(39)31-16(2)18-4-5-23(29-12-18)36-14-19(28)13-30-36/h4-5,10-14,16-17,38H,6-9H2,1-3H3,(H,31,39)(H3,32,33,34,35,37)/t16-,17?,27?/m0/s1. The smallest absolute Gasteiger partial charge is 0.252 e. The van der Waals surface area contributed by atoms with Crippen LogP contribution in [0.4, 0.5) is 16.0 Å². The Bertz CT molecular complexity index is 1550. The molecular formula is C27H31FN8O4. The first kappa shape index (κ1) is 27.1. The first-order valence-electron chi connectivity index (χ1n) is 13.0. The van der Waals surface area contributed by atoms with Crippen LogP contribution in [0.1, 0.15) is 61.5 Å². The number of pyridine rings is 2. The molecule has 0 saturated heterocycles. The zero-order chi connectivity index (χ0) is 28.4. The lowest BCUT2D eigenvalue weighted by Gasteiger charge is -2.38. The summed E-state index contributed by atoms with van der Waals surface area (Å²) in [5.74, 6) is 0.202. The fourth-order valence-corrected chi connectivity index (χ4v) is 5.08. The molecule has 0 aliphatic heterocycles. The summed E-state index contributed by atoms with van der Waals surface area (Å²) in [7, 11) is 1.51. The molecule has 40 heavy (non-hydrogen) atoms. The van der Waals surface area contributed by atoms with Crippen LogP contribution in [0.2, 0.25) is 0 Å². The van der Waals surface area contributed by atoms with Crippen molar-refractivity contribution in [2.75, 3.05) is 12.4 Å². The number of halogens is 1. The number of methoxy groups -OCH3 is 1. The van der Waals surface area contributed by atoms with E-state index in [9.17, 15) is 19.1 Å². The predicted octanol–water partition coefficient (Wildman–Crippen LogP) is 3.50. The summed E-state index contributed by atoms with van der Waals surface area (Å²) in [5.41, 5.74) is 0.491. The van der Waals surface area contributed by atoms with Gasteiger partial charge < -0.3 is 25.5 Å². The van der Waals surface area contributed by atoms with Crippen LogP contribution in [0, 0.1) is 12.7 Å². The molecule has 1 saturated carbocycles. The van der Waals surface area contributed by atoms with E-state index in [1.807, 2.05) is 13.8 Å². The Morgan fingerprint density at radius 2 is 2.05 bits per heavy atom. The van der Waals surface area contributed by atoms with Crippen LogP contribution >= 0.6 is 0 Å². The van der Waals surface area contributed by atoms with E-state index in [1.165, 1.54) is 24.1 Å². The summed E-state index contributed by atoms with van der Waals surface area (Å²) < 4.78 is 20.4.